The first-order chi connectivity index (χ1) is 11.8. The van der Waals surface area contributed by atoms with Gasteiger partial charge in [0.1, 0.15) is 12.1 Å². The Kier molecular flexibility index (Phi) is 4.49. The molecule has 2 heterocycles. The zero-order chi connectivity index (χ0) is 18.2. The highest BCUT2D eigenvalue weighted by molar-refractivity contribution is 7.90. The van der Waals surface area contributed by atoms with Crippen LogP contribution in [-0.4, -0.2) is 36.3 Å². The molecule has 0 amide bonds. The van der Waals surface area contributed by atoms with Crippen molar-refractivity contribution in [3.63, 3.8) is 0 Å². The molecule has 130 valence electrons. The van der Waals surface area contributed by atoms with E-state index >= 15 is 0 Å². The molecule has 6 nitrogen and oxygen atoms in total. The molecule has 0 aliphatic rings. The van der Waals surface area contributed by atoms with Gasteiger partial charge in [0, 0.05) is 18.0 Å². The molecule has 9 heteroatoms. The molecule has 25 heavy (non-hydrogen) atoms. The van der Waals surface area contributed by atoms with Gasteiger partial charge in [-0.15, -0.1) is 0 Å². The van der Waals surface area contributed by atoms with Crippen LogP contribution in [0.2, 0.25) is 5.15 Å². The van der Waals surface area contributed by atoms with Crippen molar-refractivity contribution in [2.24, 2.45) is 0 Å². The summed E-state index contributed by atoms with van der Waals surface area (Å²) in [6.07, 6.45) is 3.78. The molecule has 2 aromatic heterocycles. The molecule has 0 N–H and O–H groups in total. The van der Waals surface area contributed by atoms with Crippen molar-refractivity contribution in [3.8, 4) is 22.8 Å². The monoisotopic (exact) mass is 381 g/mol. The highest BCUT2D eigenvalue weighted by atomic mass is 35.5. The minimum absolute atomic E-state index is 0.0968. The normalized spacial score (nSPS) is 11.5. The van der Waals surface area contributed by atoms with Crippen LogP contribution >= 0.6 is 11.6 Å². The third-order valence-electron chi connectivity index (χ3n) is 3.54. The molecule has 3 rings (SSSR count). The van der Waals surface area contributed by atoms with Crippen molar-refractivity contribution in [1.29, 1.82) is 0 Å². The van der Waals surface area contributed by atoms with E-state index in [1.165, 1.54) is 43.9 Å². The highest BCUT2D eigenvalue weighted by Crippen LogP contribution is 2.31. The van der Waals surface area contributed by atoms with Gasteiger partial charge in [-0.2, -0.15) is 0 Å². The first-order valence-electron chi connectivity index (χ1n) is 7.04. The van der Waals surface area contributed by atoms with Gasteiger partial charge in [-0.1, -0.05) is 11.6 Å². The summed E-state index contributed by atoms with van der Waals surface area (Å²) >= 11 is 6.15. The molecule has 3 aromatic rings. The van der Waals surface area contributed by atoms with Gasteiger partial charge in [0.2, 0.25) is 0 Å². The highest BCUT2D eigenvalue weighted by Gasteiger charge is 2.16. The predicted octanol–water partition coefficient (Wildman–Crippen LogP) is 3.14. The van der Waals surface area contributed by atoms with E-state index in [0.717, 1.165) is 6.26 Å². The summed E-state index contributed by atoms with van der Waals surface area (Å²) in [5.74, 6) is -0.0243. The summed E-state index contributed by atoms with van der Waals surface area (Å²) in [4.78, 5) is 8.26. The molecule has 0 fully saturated rings. The van der Waals surface area contributed by atoms with E-state index in [1.54, 1.807) is 10.6 Å². The van der Waals surface area contributed by atoms with E-state index in [9.17, 15) is 12.8 Å². The lowest BCUT2D eigenvalue weighted by molar-refractivity contribution is 0.386. The smallest absolute Gasteiger partial charge is 0.177 e. The summed E-state index contributed by atoms with van der Waals surface area (Å²) < 4.78 is 43.5. The fourth-order valence-electron chi connectivity index (χ4n) is 2.31. The number of nitrogens with zero attached hydrogens (tertiary/aromatic N) is 3. The van der Waals surface area contributed by atoms with Crippen LogP contribution in [0.4, 0.5) is 4.39 Å². The van der Waals surface area contributed by atoms with Crippen molar-refractivity contribution < 1.29 is 17.5 Å². The maximum absolute atomic E-state index is 14.0. The average molecular weight is 382 g/mol. The second-order valence-electron chi connectivity index (χ2n) is 5.23. The summed E-state index contributed by atoms with van der Waals surface area (Å²) in [6, 6.07) is 7.37. The SMILES string of the molecule is COc1ccc(-c2c(Cl)ncn2-c2ccc(S(C)(=O)=O)cn2)cc1F. The van der Waals surface area contributed by atoms with E-state index in [4.69, 9.17) is 16.3 Å². The molecule has 0 unspecified atom stereocenters. The molecule has 0 spiro atoms. The first-order valence-corrected chi connectivity index (χ1v) is 9.31. The topological polar surface area (TPSA) is 74.1 Å². The Morgan fingerprint density at radius 2 is 1.96 bits per heavy atom. The minimum Gasteiger partial charge on any atom is -0.494 e. The van der Waals surface area contributed by atoms with Crippen LogP contribution in [0, 0.1) is 5.82 Å². The van der Waals surface area contributed by atoms with E-state index in [1.807, 2.05) is 0 Å². The summed E-state index contributed by atoms with van der Waals surface area (Å²) in [7, 11) is -1.97. The zero-order valence-electron chi connectivity index (χ0n) is 13.3. The predicted molar refractivity (Wildman–Crippen MR) is 91.4 cm³/mol. The van der Waals surface area contributed by atoms with Crippen molar-refractivity contribution in [3.05, 3.63) is 53.8 Å². The number of pyridine rings is 1. The Morgan fingerprint density at radius 3 is 2.52 bits per heavy atom. The fraction of sp³-hybridized carbons (Fsp3) is 0.125. The van der Waals surface area contributed by atoms with E-state index in [2.05, 4.69) is 9.97 Å². The van der Waals surface area contributed by atoms with E-state index in [-0.39, 0.29) is 15.8 Å². The van der Waals surface area contributed by atoms with Crippen LogP contribution < -0.4 is 4.74 Å². The Bertz CT molecular complexity index is 1030. The standard InChI is InChI=1S/C16H13ClFN3O3S/c1-24-13-5-3-10(7-12(13)18)15-16(17)20-9-21(15)14-6-4-11(8-19-14)25(2,22)23/h3-9H,1-2H3. The van der Waals surface area contributed by atoms with E-state index < -0.39 is 15.7 Å². The van der Waals surface area contributed by atoms with Gasteiger partial charge in [-0.25, -0.2) is 22.8 Å². The Hall–Kier alpha value is -2.45. The Balaban J connectivity index is 2.10. The average Bonchev–Trinajstić information content (AvgIpc) is 2.95. The minimum atomic E-state index is -3.35. The summed E-state index contributed by atoms with van der Waals surface area (Å²) in [6.45, 7) is 0. The van der Waals surface area contributed by atoms with Gasteiger partial charge in [0.25, 0.3) is 0 Å². The number of benzene rings is 1. The number of sulfone groups is 1. The molecular weight excluding hydrogens is 369 g/mol. The zero-order valence-corrected chi connectivity index (χ0v) is 14.8. The van der Waals surface area contributed by atoms with Gasteiger partial charge < -0.3 is 4.74 Å². The molecule has 0 bridgehead atoms. The maximum Gasteiger partial charge on any atom is 0.177 e. The van der Waals surface area contributed by atoms with Crippen molar-refractivity contribution in [1.82, 2.24) is 14.5 Å². The molecule has 0 aliphatic heterocycles. The number of imidazole rings is 1. The van der Waals surface area contributed by atoms with E-state index in [0.29, 0.717) is 17.1 Å². The van der Waals surface area contributed by atoms with Crippen molar-refractivity contribution >= 4 is 21.4 Å². The summed E-state index contributed by atoms with van der Waals surface area (Å²) in [5.41, 5.74) is 0.914. The molecule has 0 radical (unpaired) electrons. The number of rotatable bonds is 4. The fourth-order valence-corrected chi connectivity index (χ4v) is 3.11. The number of hydrogen-bond donors (Lipinski definition) is 0. The number of halogens is 2. The number of methoxy groups -OCH3 is 1. The molecule has 0 saturated carbocycles. The first kappa shape index (κ1) is 17.4. The third kappa shape index (κ3) is 3.35. The van der Waals surface area contributed by atoms with Gasteiger partial charge in [-0.05, 0) is 30.3 Å². The summed E-state index contributed by atoms with van der Waals surface area (Å²) in [5, 5.41) is 0.165. The van der Waals surface area contributed by atoms with Crippen LogP contribution in [0.15, 0.2) is 47.8 Å². The van der Waals surface area contributed by atoms with Gasteiger partial charge in [0.05, 0.1) is 17.7 Å². The lowest BCUT2D eigenvalue weighted by atomic mass is 10.1. The van der Waals surface area contributed by atoms with Crippen molar-refractivity contribution in [2.45, 2.75) is 4.90 Å². The Labute approximate surface area is 148 Å². The van der Waals surface area contributed by atoms with Crippen LogP contribution in [0.25, 0.3) is 17.1 Å². The number of ether oxygens (including phenoxy) is 1. The van der Waals surface area contributed by atoms with Gasteiger partial charge >= 0.3 is 0 Å². The van der Waals surface area contributed by atoms with Crippen LogP contribution in [0.1, 0.15) is 0 Å². The van der Waals surface area contributed by atoms with Gasteiger partial charge in [0.15, 0.2) is 26.6 Å². The van der Waals surface area contributed by atoms with Crippen LogP contribution in [0.5, 0.6) is 5.75 Å². The maximum atomic E-state index is 14.0. The lowest BCUT2D eigenvalue weighted by Gasteiger charge is -2.10. The third-order valence-corrected chi connectivity index (χ3v) is 4.92. The molecule has 1 aromatic carbocycles. The molecule has 0 atom stereocenters. The number of hydrogen-bond acceptors (Lipinski definition) is 5. The Morgan fingerprint density at radius 1 is 1.20 bits per heavy atom. The second-order valence-corrected chi connectivity index (χ2v) is 7.60. The largest absolute Gasteiger partial charge is 0.494 e. The van der Waals surface area contributed by atoms with Gasteiger partial charge in [-0.3, -0.25) is 4.57 Å². The number of aromatic nitrogens is 3. The molecule has 0 aliphatic carbocycles. The van der Waals surface area contributed by atoms with Crippen molar-refractivity contribution in [2.75, 3.05) is 13.4 Å². The molecule has 0 saturated heterocycles. The van der Waals surface area contributed by atoms with Crippen LogP contribution in [0.3, 0.4) is 0 Å². The quantitative estimate of drug-likeness (QED) is 0.694. The van der Waals surface area contributed by atoms with Crippen LogP contribution in [-0.2, 0) is 9.84 Å². The lowest BCUT2D eigenvalue weighted by Crippen LogP contribution is -2.02. The molecular formula is C16H13ClFN3O3S. The second kappa shape index (κ2) is 6.45.